The van der Waals surface area contributed by atoms with Crippen molar-refractivity contribution in [1.29, 1.82) is 0 Å². The molecule has 0 amide bonds. The Hall–Kier alpha value is 1.15. The monoisotopic (exact) mass is 318 g/mol. The van der Waals surface area contributed by atoms with Crippen molar-refractivity contribution in [2.75, 3.05) is 0 Å². The van der Waals surface area contributed by atoms with Crippen molar-refractivity contribution in [3.05, 3.63) is 0 Å². The van der Waals surface area contributed by atoms with E-state index in [1.54, 1.807) is 0 Å². The molecule has 0 saturated carbocycles. The van der Waals surface area contributed by atoms with Gasteiger partial charge in [0.05, 0.1) is 0 Å². The zero-order valence-corrected chi connectivity index (χ0v) is 8.28. The molecule has 0 bridgehead atoms. The van der Waals surface area contributed by atoms with Crippen LogP contribution in [0.3, 0.4) is 0 Å². The first-order valence-corrected chi connectivity index (χ1v) is 4.09. The molecule has 26 valence electrons. The van der Waals surface area contributed by atoms with E-state index in [1.807, 2.05) is 0 Å². The normalized spacial score (nSPS) is 2.20. The van der Waals surface area contributed by atoms with Crippen LogP contribution in [0.1, 0.15) is 0 Å². The summed E-state index contributed by atoms with van der Waals surface area (Å²) >= 11 is -2.21. The fraction of sp³-hybridized carbons (Fsp3) is 0. The standard InChI is InChI=1S/Hf.3O.Zr. The second kappa shape index (κ2) is 19.2. The summed E-state index contributed by atoms with van der Waals surface area (Å²) in [5, 5.41) is 0. The van der Waals surface area contributed by atoms with Gasteiger partial charge in [-0.1, -0.05) is 0 Å². The zero-order chi connectivity index (χ0) is 4.71. The molecule has 0 fully saturated rings. The molecule has 0 aromatic carbocycles. The molecule has 5 heteroatoms. The van der Waals surface area contributed by atoms with Crippen LogP contribution >= 0.6 is 0 Å². The van der Waals surface area contributed by atoms with Crippen LogP contribution in [0.2, 0.25) is 0 Å². The van der Waals surface area contributed by atoms with E-state index in [-0.39, 0.29) is 24.4 Å². The molecule has 0 N–H and O–H groups in total. The Bertz CT molecular complexity index is 36.2. The average molecular weight is 318 g/mol. The van der Waals surface area contributed by atoms with Gasteiger partial charge in [-0.25, -0.2) is 0 Å². The van der Waals surface area contributed by atoms with Crippen LogP contribution in [0.15, 0.2) is 0 Å². The minimum absolute atomic E-state index is 0.0556. The van der Waals surface area contributed by atoms with Gasteiger partial charge in [-0.3, -0.25) is 0 Å². The van der Waals surface area contributed by atoms with Crippen LogP contribution in [0.25, 0.3) is 0 Å². The summed E-state index contributed by atoms with van der Waals surface area (Å²) < 4.78 is 25.5. The molecule has 0 aliphatic heterocycles. The van der Waals surface area contributed by atoms with Gasteiger partial charge < -0.3 is 0 Å². The van der Waals surface area contributed by atoms with Crippen molar-refractivity contribution in [1.82, 2.24) is 0 Å². The van der Waals surface area contributed by atoms with E-state index in [9.17, 15) is 0 Å². The third kappa shape index (κ3) is 38.5. The van der Waals surface area contributed by atoms with Crippen molar-refractivity contribution in [2.45, 2.75) is 0 Å². The van der Waals surface area contributed by atoms with Crippen LogP contribution in [0, 0.1) is 0 Å². The second-order valence-corrected chi connectivity index (χ2v) is 0.493. The Labute approximate surface area is 55.6 Å². The van der Waals surface area contributed by atoms with Crippen LogP contribution < -0.4 is 0 Å². The molecule has 0 radical (unpaired) electrons. The maximum absolute atomic E-state index is 8.54. The summed E-state index contributed by atoms with van der Waals surface area (Å²) in [5.41, 5.74) is 0. The molecule has 3 nitrogen and oxygen atoms in total. The van der Waals surface area contributed by atoms with Gasteiger partial charge in [-0.05, 0) is 0 Å². The van der Waals surface area contributed by atoms with Crippen molar-refractivity contribution < 1.29 is 56.1 Å². The Morgan fingerprint density at radius 1 is 1.20 bits per heavy atom. The quantitative estimate of drug-likeness (QED) is 0.573. The van der Waals surface area contributed by atoms with E-state index in [2.05, 4.69) is 0 Å². The molecule has 0 aromatic rings. The van der Waals surface area contributed by atoms with E-state index < -0.39 is 23.2 Å². The third-order valence-electron chi connectivity index (χ3n) is 0. The van der Waals surface area contributed by atoms with Crippen LogP contribution in [0.4, 0.5) is 0 Å². The summed E-state index contributed by atoms with van der Waals surface area (Å²) in [6, 6.07) is 0. The van der Waals surface area contributed by atoms with Crippen molar-refractivity contribution in [3.63, 3.8) is 0 Å². The van der Waals surface area contributed by atoms with Crippen molar-refractivity contribution >= 4 is 0 Å². The Morgan fingerprint density at radius 2 is 1.20 bits per heavy atom. The minimum atomic E-state index is -2.27. The van der Waals surface area contributed by atoms with E-state index in [1.165, 1.54) is 0 Å². The second-order valence-electron chi connectivity index (χ2n) is 0.0833. The fourth-order valence-corrected chi connectivity index (χ4v) is 0. The van der Waals surface area contributed by atoms with Gasteiger partial charge in [0, 0.05) is 0 Å². The summed E-state index contributed by atoms with van der Waals surface area (Å²) in [7, 11) is 0. The topological polar surface area (TPSA) is 51.2 Å². The first-order chi connectivity index (χ1) is 2.41. The Kier molecular flexibility index (Phi) is 36.3. The molecule has 5 heavy (non-hydrogen) atoms. The van der Waals surface area contributed by atoms with Gasteiger partial charge in [-0.15, -0.1) is 0 Å². The van der Waals surface area contributed by atoms with E-state index in [4.69, 9.17) is 8.48 Å². The molecule has 0 spiro atoms. The van der Waals surface area contributed by atoms with Crippen molar-refractivity contribution in [2.24, 2.45) is 0 Å². The Morgan fingerprint density at radius 3 is 1.20 bits per heavy atom. The predicted molar refractivity (Wildman–Crippen MR) is 2.06 cm³/mol. The summed E-state index contributed by atoms with van der Waals surface area (Å²) in [5.74, 6) is 0. The molecule has 0 aliphatic rings. The van der Waals surface area contributed by atoms with Gasteiger partial charge in [-0.2, -0.15) is 0 Å². The molecule has 0 heterocycles. The van der Waals surface area contributed by atoms with Crippen LogP contribution in [-0.4, -0.2) is 0 Å². The third-order valence-corrected chi connectivity index (χ3v) is 0. The SMILES string of the molecule is [O]=[Hf].[O]=[Zr]=[O]. The molecule has 0 aromatic heterocycles. The van der Waals surface area contributed by atoms with Crippen LogP contribution in [0.5, 0.6) is 0 Å². The predicted octanol–water partition coefficient (Wildman–Crippen LogP) is -0.361. The summed E-state index contributed by atoms with van der Waals surface area (Å²) in [4.78, 5) is 0. The number of hydrogen-bond donors (Lipinski definition) is 0. The molecule has 0 aliphatic carbocycles. The van der Waals surface area contributed by atoms with Gasteiger partial charge in [0.15, 0.2) is 0 Å². The summed E-state index contributed by atoms with van der Waals surface area (Å²) in [6.45, 7) is 0. The number of hydrogen-bond acceptors (Lipinski definition) is 3. The van der Waals surface area contributed by atoms with Crippen LogP contribution in [-0.2, 0) is 56.1 Å². The van der Waals surface area contributed by atoms with Gasteiger partial charge in [0.25, 0.3) is 0 Å². The van der Waals surface area contributed by atoms with Gasteiger partial charge in [0.1, 0.15) is 0 Å². The molecule has 0 saturated heterocycles. The van der Waals surface area contributed by atoms with Crippen molar-refractivity contribution in [3.8, 4) is 0 Å². The van der Waals surface area contributed by atoms with E-state index in [0.717, 1.165) is 0 Å². The molecule has 0 atom stereocenters. The van der Waals surface area contributed by atoms with Gasteiger partial charge >= 0.3 is 56.1 Å². The number of rotatable bonds is 0. The first-order valence-electron chi connectivity index (χ1n) is 0.612. The molecular formula is HfO3Zr. The zero-order valence-electron chi connectivity index (χ0n) is 2.22. The fourth-order valence-electron chi connectivity index (χ4n) is 0. The molecule has 0 unspecified atom stereocenters. The molecule has 0 rings (SSSR count). The van der Waals surface area contributed by atoms with E-state index in [0.29, 0.717) is 0 Å². The average Bonchev–Trinajstić information content (AvgIpc) is 1.46. The maximum atomic E-state index is 8.54. The Balaban J connectivity index is 0. The van der Waals surface area contributed by atoms with E-state index >= 15 is 0 Å². The molecular weight excluding hydrogens is 318 g/mol. The summed E-state index contributed by atoms with van der Waals surface area (Å²) in [6.07, 6.45) is 0. The first kappa shape index (κ1) is 9.47. The van der Waals surface area contributed by atoms with Gasteiger partial charge in [0.2, 0.25) is 0 Å².